The maximum atomic E-state index is 10.2. The lowest BCUT2D eigenvalue weighted by atomic mass is 10.8. The van der Waals surface area contributed by atoms with Crippen LogP contribution in [-0.2, 0) is 10.0 Å². The number of sulfonamides is 1. The molecule has 60 valence electrons. The van der Waals surface area contributed by atoms with Gasteiger partial charge in [-0.3, -0.25) is 4.99 Å². The lowest BCUT2D eigenvalue weighted by Gasteiger charge is -1.92. The summed E-state index contributed by atoms with van der Waals surface area (Å²) in [5.41, 5.74) is 9.83. The average Bonchev–Trinajstić information content (AvgIpc) is 1.59. The van der Waals surface area contributed by atoms with Crippen LogP contribution in [-0.4, -0.2) is 26.7 Å². The van der Waals surface area contributed by atoms with Crippen LogP contribution in [0.4, 0.5) is 0 Å². The molecule has 0 saturated heterocycles. The van der Waals surface area contributed by atoms with Crippen LogP contribution in [0.5, 0.6) is 0 Å². The number of aliphatic imine (C=N–C) groups is 1. The predicted octanol–water partition coefficient (Wildman–Crippen LogP) is -2.45. The van der Waals surface area contributed by atoms with Crippen molar-refractivity contribution in [2.75, 3.05) is 12.3 Å². The number of nitrogens with two attached hydrogens (primary N) is 3. The van der Waals surface area contributed by atoms with Gasteiger partial charge >= 0.3 is 0 Å². The third-order valence-corrected chi connectivity index (χ3v) is 1.42. The van der Waals surface area contributed by atoms with Crippen molar-refractivity contribution in [1.29, 1.82) is 0 Å². The van der Waals surface area contributed by atoms with E-state index < -0.39 is 10.0 Å². The first-order valence-corrected chi connectivity index (χ1v) is 4.19. The van der Waals surface area contributed by atoms with Gasteiger partial charge in [0.25, 0.3) is 0 Å². The van der Waals surface area contributed by atoms with Gasteiger partial charge in [0, 0.05) is 0 Å². The number of hydrogen-bond donors (Lipinski definition) is 3. The quantitative estimate of drug-likeness (QED) is 0.318. The van der Waals surface area contributed by atoms with Gasteiger partial charge in [0.2, 0.25) is 10.0 Å². The molecule has 0 heterocycles. The Kier molecular flexibility index (Phi) is 3.10. The van der Waals surface area contributed by atoms with Crippen LogP contribution in [0.15, 0.2) is 4.99 Å². The number of hydrogen-bond acceptors (Lipinski definition) is 3. The minimum absolute atomic E-state index is 0.0150. The number of nitrogens with zero attached hydrogens (tertiary/aromatic N) is 1. The van der Waals surface area contributed by atoms with Gasteiger partial charge in [-0.2, -0.15) is 0 Å². The molecule has 0 fully saturated rings. The van der Waals surface area contributed by atoms with E-state index in [-0.39, 0.29) is 18.3 Å². The lowest BCUT2D eigenvalue weighted by Crippen LogP contribution is -2.25. The Morgan fingerprint density at radius 1 is 1.40 bits per heavy atom. The molecule has 0 amide bonds. The Labute approximate surface area is 59.1 Å². The highest BCUT2D eigenvalue weighted by Crippen LogP contribution is 1.77. The molecule has 0 saturated carbocycles. The zero-order valence-electron chi connectivity index (χ0n) is 5.32. The third kappa shape index (κ3) is 7.18. The second-order valence-corrected chi connectivity index (χ2v) is 3.41. The maximum absolute atomic E-state index is 10.2. The zero-order chi connectivity index (χ0) is 8.20. The summed E-state index contributed by atoms with van der Waals surface area (Å²) in [4.78, 5) is 3.42. The van der Waals surface area contributed by atoms with Gasteiger partial charge in [-0.25, -0.2) is 13.6 Å². The van der Waals surface area contributed by atoms with E-state index in [1.54, 1.807) is 0 Å². The van der Waals surface area contributed by atoms with Crippen molar-refractivity contribution in [2.45, 2.75) is 0 Å². The standard InChI is InChI=1S/C3H10N4O2S/c4-3(5)7-1-2-10(6,8)9/h1-2H2,(H4,4,5,7)(H2,6,8,9). The highest BCUT2D eigenvalue weighted by atomic mass is 32.2. The minimum Gasteiger partial charge on any atom is -0.370 e. The van der Waals surface area contributed by atoms with Crippen LogP contribution < -0.4 is 16.6 Å². The summed E-state index contributed by atoms with van der Waals surface area (Å²) in [5.74, 6) is -0.367. The average molecular weight is 166 g/mol. The fourth-order valence-electron chi connectivity index (χ4n) is 0.302. The molecular weight excluding hydrogens is 156 g/mol. The molecule has 10 heavy (non-hydrogen) atoms. The number of primary sulfonamides is 1. The Bertz CT molecular complexity index is 215. The molecule has 6 N–H and O–H groups in total. The van der Waals surface area contributed by atoms with E-state index in [0.717, 1.165) is 0 Å². The van der Waals surface area contributed by atoms with E-state index in [4.69, 9.17) is 11.5 Å². The van der Waals surface area contributed by atoms with Crippen molar-refractivity contribution < 1.29 is 8.42 Å². The van der Waals surface area contributed by atoms with E-state index in [1.165, 1.54) is 0 Å². The van der Waals surface area contributed by atoms with Gasteiger partial charge in [0.15, 0.2) is 5.96 Å². The topological polar surface area (TPSA) is 125 Å². The first kappa shape index (κ1) is 9.18. The molecule has 0 spiro atoms. The number of rotatable bonds is 3. The molecule has 6 nitrogen and oxygen atoms in total. The molecule has 0 atom stereocenters. The molecular formula is C3H10N4O2S. The monoisotopic (exact) mass is 166 g/mol. The van der Waals surface area contributed by atoms with E-state index in [2.05, 4.69) is 10.1 Å². The van der Waals surface area contributed by atoms with Gasteiger partial charge in [0.1, 0.15) is 0 Å². The molecule has 0 rings (SSSR count). The summed E-state index contributed by atoms with van der Waals surface area (Å²) < 4.78 is 20.5. The largest absolute Gasteiger partial charge is 0.370 e. The van der Waals surface area contributed by atoms with Gasteiger partial charge in [0.05, 0.1) is 12.3 Å². The Morgan fingerprint density at radius 2 is 1.90 bits per heavy atom. The van der Waals surface area contributed by atoms with Crippen molar-refractivity contribution in [3.8, 4) is 0 Å². The van der Waals surface area contributed by atoms with Crippen LogP contribution in [0.25, 0.3) is 0 Å². The highest BCUT2D eigenvalue weighted by Gasteiger charge is 1.99. The van der Waals surface area contributed by atoms with Gasteiger partial charge < -0.3 is 11.5 Å². The van der Waals surface area contributed by atoms with Gasteiger partial charge in [-0.15, -0.1) is 0 Å². The Hall–Kier alpha value is -0.820. The molecule has 0 aromatic rings. The molecule has 0 aromatic carbocycles. The van der Waals surface area contributed by atoms with Crippen LogP contribution in [0, 0.1) is 0 Å². The van der Waals surface area contributed by atoms with Crippen molar-refractivity contribution in [3.05, 3.63) is 0 Å². The van der Waals surface area contributed by atoms with Crippen molar-refractivity contribution >= 4 is 16.0 Å². The summed E-state index contributed by atoms with van der Waals surface area (Å²) in [7, 11) is -3.44. The summed E-state index contributed by atoms with van der Waals surface area (Å²) >= 11 is 0. The first-order chi connectivity index (χ1) is 4.42. The zero-order valence-corrected chi connectivity index (χ0v) is 6.13. The van der Waals surface area contributed by atoms with Crippen LogP contribution in [0.1, 0.15) is 0 Å². The second-order valence-electron chi connectivity index (χ2n) is 1.67. The van der Waals surface area contributed by atoms with Crippen LogP contribution >= 0.6 is 0 Å². The summed E-state index contributed by atoms with van der Waals surface area (Å²) in [5, 5.41) is 4.64. The summed E-state index contributed by atoms with van der Waals surface area (Å²) in [6.07, 6.45) is 0. The Balaban J connectivity index is 3.69. The second kappa shape index (κ2) is 3.37. The van der Waals surface area contributed by atoms with Crippen molar-refractivity contribution in [2.24, 2.45) is 21.6 Å². The molecule has 0 aliphatic heterocycles. The van der Waals surface area contributed by atoms with Gasteiger partial charge in [-0.1, -0.05) is 0 Å². The number of guanidine groups is 1. The fourth-order valence-corrected chi connectivity index (χ4v) is 0.648. The first-order valence-electron chi connectivity index (χ1n) is 2.47. The molecule has 0 bridgehead atoms. The SMILES string of the molecule is NC(N)=NCCS(N)(=O)=O. The van der Waals surface area contributed by atoms with E-state index in [9.17, 15) is 8.42 Å². The van der Waals surface area contributed by atoms with E-state index in [1.807, 2.05) is 0 Å². The minimum atomic E-state index is -3.44. The van der Waals surface area contributed by atoms with Crippen LogP contribution in [0.3, 0.4) is 0 Å². The molecule has 0 aliphatic rings. The van der Waals surface area contributed by atoms with Gasteiger partial charge in [-0.05, 0) is 0 Å². The van der Waals surface area contributed by atoms with Crippen LogP contribution in [0.2, 0.25) is 0 Å². The fraction of sp³-hybridized carbons (Fsp3) is 0.667. The predicted molar refractivity (Wildman–Crippen MR) is 38.7 cm³/mol. The third-order valence-electron chi connectivity index (χ3n) is 0.670. The molecule has 0 aromatic heterocycles. The Morgan fingerprint density at radius 3 is 2.20 bits per heavy atom. The van der Waals surface area contributed by atoms with E-state index >= 15 is 0 Å². The smallest absolute Gasteiger partial charge is 0.210 e. The maximum Gasteiger partial charge on any atom is 0.210 e. The van der Waals surface area contributed by atoms with Crippen molar-refractivity contribution in [1.82, 2.24) is 0 Å². The molecule has 0 aliphatic carbocycles. The lowest BCUT2D eigenvalue weighted by molar-refractivity contribution is 0.597. The summed E-state index contributed by atoms with van der Waals surface area (Å²) in [6.45, 7) is 0.0150. The molecule has 7 heteroatoms. The van der Waals surface area contributed by atoms with E-state index in [0.29, 0.717) is 0 Å². The normalized spacial score (nSPS) is 10.9. The highest BCUT2D eigenvalue weighted by molar-refractivity contribution is 7.89. The summed E-state index contributed by atoms with van der Waals surface area (Å²) in [6, 6.07) is 0. The molecule has 0 radical (unpaired) electrons. The molecule has 0 unspecified atom stereocenters. The van der Waals surface area contributed by atoms with Crippen molar-refractivity contribution in [3.63, 3.8) is 0 Å².